The van der Waals surface area contributed by atoms with Gasteiger partial charge in [-0.2, -0.15) is 0 Å². The number of aromatic nitrogens is 2. The average Bonchev–Trinajstić information content (AvgIpc) is 3.16. The van der Waals surface area contributed by atoms with Gasteiger partial charge in [-0.1, -0.05) is 29.8 Å². The molecule has 3 aromatic rings. The summed E-state index contributed by atoms with van der Waals surface area (Å²) in [5.41, 5.74) is 1.12. The molecule has 0 bridgehead atoms. The van der Waals surface area contributed by atoms with E-state index in [2.05, 4.69) is 15.3 Å². The fraction of sp³-hybridized carbons (Fsp3) is 0.176. The summed E-state index contributed by atoms with van der Waals surface area (Å²) < 4.78 is 25.6. The highest BCUT2D eigenvalue weighted by atomic mass is 35.5. The van der Waals surface area contributed by atoms with Gasteiger partial charge in [0, 0.05) is 10.9 Å². The standard InChI is InChI=1S/C17H14ClN3O2S2/c18-15-9-12(25(22,23)11-5-2-1-3-6-11)10-16(20-15)21-17-19-13-7-4-8-14(13)24-17/h1-3,5-6,9-10H,4,7-8H2,(H,19,20,21). The van der Waals surface area contributed by atoms with Crippen molar-refractivity contribution in [2.24, 2.45) is 0 Å². The number of nitrogens with zero attached hydrogens (tertiary/aromatic N) is 2. The van der Waals surface area contributed by atoms with Crippen molar-refractivity contribution in [2.75, 3.05) is 5.32 Å². The smallest absolute Gasteiger partial charge is 0.206 e. The Morgan fingerprint density at radius 3 is 2.60 bits per heavy atom. The number of halogens is 1. The van der Waals surface area contributed by atoms with Crippen LogP contribution in [0.3, 0.4) is 0 Å². The van der Waals surface area contributed by atoms with Crippen LogP contribution in [0.2, 0.25) is 5.15 Å². The molecule has 0 amide bonds. The van der Waals surface area contributed by atoms with E-state index >= 15 is 0 Å². The molecule has 25 heavy (non-hydrogen) atoms. The summed E-state index contributed by atoms with van der Waals surface area (Å²) in [6.07, 6.45) is 3.18. The Bertz CT molecular complexity index is 1010. The van der Waals surface area contributed by atoms with Gasteiger partial charge in [0.1, 0.15) is 11.0 Å². The molecule has 0 atom stereocenters. The van der Waals surface area contributed by atoms with Crippen molar-refractivity contribution in [1.82, 2.24) is 9.97 Å². The van der Waals surface area contributed by atoms with Gasteiger partial charge in [0.25, 0.3) is 0 Å². The molecule has 0 saturated heterocycles. The van der Waals surface area contributed by atoms with Gasteiger partial charge in [0.05, 0.1) is 15.5 Å². The molecular weight excluding hydrogens is 378 g/mol. The van der Waals surface area contributed by atoms with Crippen LogP contribution in [0.25, 0.3) is 0 Å². The molecule has 2 aromatic heterocycles. The van der Waals surface area contributed by atoms with Crippen LogP contribution in [0.1, 0.15) is 17.0 Å². The maximum Gasteiger partial charge on any atom is 0.206 e. The largest absolute Gasteiger partial charge is 0.316 e. The number of thiazole rings is 1. The maximum atomic E-state index is 12.8. The first-order valence-corrected chi connectivity index (χ1v) is 10.4. The van der Waals surface area contributed by atoms with Gasteiger partial charge >= 0.3 is 0 Å². The van der Waals surface area contributed by atoms with Gasteiger partial charge < -0.3 is 5.32 Å². The third kappa shape index (κ3) is 3.27. The number of benzene rings is 1. The molecule has 1 aliphatic carbocycles. The zero-order valence-electron chi connectivity index (χ0n) is 13.1. The van der Waals surface area contributed by atoms with Gasteiger partial charge in [-0.05, 0) is 37.5 Å². The Hall–Kier alpha value is -1.96. The van der Waals surface area contributed by atoms with Crippen molar-refractivity contribution in [3.8, 4) is 0 Å². The molecule has 1 aliphatic rings. The van der Waals surface area contributed by atoms with E-state index in [1.165, 1.54) is 17.0 Å². The van der Waals surface area contributed by atoms with Crippen molar-refractivity contribution in [2.45, 2.75) is 29.1 Å². The van der Waals surface area contributed by atoms with E-state index in [4.69, 9.17) is 11.6 Å². The summed E-state index contributed by atoms with van der Waals surface area (Å²) >= 11 is 7.63. The van der Waals surface area contributed by atoms with E-state index in [0.29, 0.717) is 10.9 Å². The Morgan fingerprint density at radius 1 is 1.04 bits per heavy atom. The van der Waals surface area contributed by atoms with Crippen LogP contribution in [-0.4, -0.2) is 18.4 Å². The van der Waals surface area contributed by atoms with E-state index < -0.39 is 9.84 Å². The van der Waals surface area contributed by atoms with E-state index in [1.54, 1.807) is 41.7 Å². The zero-order valence-corrected chi connectivity index (χ0v) is 15.5. The van der Waals surface area contributed by atoms with Gasteiger partial charge in [0.2, 0.25) is 9.84 Å². The number of nitrogens with one attached hydrogen (secondary N) is 1. The zero-order chi connectivity index (χ0) is 17.4. The van der Waals surface area contributed by atoms with Crippen LogP contribution in [-0.2, 0) is 22.7 Å². The molecule has 128 valence electrons. The van der Waals surface area contributed by atoms with Crippen molar-refractivity contribution in [3.63, 3.8) is 0 Å². The predicted octanol–water partition coefficient (Wildman–Crippen LogP) is 4.26. The second kappa shape index (κ2) is 6.40. The normalized spacial score (nSPS) is 13.6. The molecule has 2 heterocycles. The van der Waals surface area contributed by atoms with Crippen LogP contribution in [0.4, 0.5) is 10.9 Å². The van der Waals surface area contributed by atoms with Crippen molar-refractivity contribution in [1.29, 1.82) is 0 Å². The Kier molecular flexibility index (Phi) is 4.23. The summed E-state index contributed by atoms with van der Waals surface area (Å²) in [7, 11) is -3.65. The van der Waals surface area contributed by atoms with Gasteiger partial charge in [-0.15, -0.1) is 11.3 Å². The molecule has 1 aromatic carbocycles. The van der Waals surface area contributed by atoms with Crippen LogP contribution in [0, 0.1) is 0 Å². The molecule has 0 fully saturated rings. The lowest BCUT2D eigenvalue weighted by molar-refractivity contribution is 0.596. The molecule has 0 unspecified atom stereocenters. The monoisotopic (exact) mass is 391 g/mol. The number of hydrogen-bond acceptors (Lipinski definition) is 6. The third-order valence-corrected chi connectivity index (χ3v) is 6.98. The second-order valence-corrected chi connectivity index (χ2v) is 9.12. The number of anilines is 2. The summed E-state index contributed by atoms with van der Waals surface area (Å²) in [5.74, 6) is 0.370. The Balaban J connectivity index is 1.69. The highest BCUT2D eigenvalue weighted by Crippen LogP contribution is 2.33. The molecule has 1 N–H and O–H groups in total. The predicted molar refractivity (Wildman–Crippen MR) is 98.6 cm³/mol. The second-order valence-electron chi connectivity index (χ2n) is 5.69. The molecule has 0 aliphatic heterocycles. The lowest BCUT2D eigenvalue weighted by atomic mass is 10.4. The van der Waals surface area contributed by atoms with Crippen LogP contribution < -0.4 is 5.32 Å². The molecule has 0 radical (unpaired) electrons. The summed E-state index contributed by atoms with van der Waals surface area (Å²) in [5, 5.41) is 3.91. The number of rotatable bonds is 4. The number of pyridine rings is 1. The number of hydrogen-bond donors (Lipinski definition) is 1. The maximum absolute atomic E-state index is 12.8. The topological polar surface area (TPSA) is 72.0 Å². The molecular formula is C17H14ClN3O2S2. The highest BCUT2D eigenvalue weighted by Gasteiger charge is 2.21. The lowest BCUT2D eigenvalue weighted by Gasteiger charge is -2.08. The lowest BCUT2D eigenvalue weighted by Crippen LogP contribution is -2.04. The molecule has 8 heteroatoms. The number of aryl methyl sites for hydroxylation is 2. The van der Waals surface area contributed by atoms with Crippen molar-refractivity contribution < 1.29 is 8.42 Å². The molecule has 4 rings (SSSR count). The van der Waals surface area contributed by atoms with Gasteiger partial charge in [0.15, 0.2) is 5.13 Å². The van der Waals surface area contributed by atoms with Crippen LogP contribution in [0.5, 0.6) is 0 Å². The summed E-state index contributed by atoms with van der Waals surface area (Å²) in [4.78, 5) is 10.3. The van der Waals surface area contributed by atoms with Crippen molar-refractivity contribution >= 4 is 43.7 Å². The SMILES string of the molecule is O=S(=O)(c1ccccc1)c1cc(Cl)nc(Nc2nc3c(s2)CCC3)c1. The average molecular weight is 392 g/mol. The molecule has 0 spiro atoms. The van der Waals surface area contributed by atoms with Crippen molar-refractivity contribution in [3.05, 3.63) is 58.2 Å². The van der Waals surface area contributed by atoms with E-state index in [0.717, 1.165) is 25.0 Å². The minimum atomic E-state index is -3.65. The first kappa shape index (κ1) is 16.5. The minimum Gasteiger partial charge on any atom is -0.316 e. The number of fused-ring (bicyclic) bond motifs is 1. The molecule has 0 saturated carbocycles. The van der Waals surface area contributed by atoms with E-state index in [9.17, 15) is 8.42 Å². The Labute approximate surface area is 154 Å². The number of sulfone groups is 1. The summed E-state index contributed by atoms with van der Waals surface area (Å²) in [6, 6.07) is 11.1. The van der Waals surface area contributed by atoms with Gasteiger partial charge in [-0.3, -0.25) is 0 Å². The fourth-order valence-corrected chi connectivity index (χ4v) is 5.43. The highest BCUT2D eigenvalue weighted by molar-refractivity contribution is 7.91. The first-order valence-electron chi connectivity index (χ1n) is 7.76. The van der Waals surface area contributed by atoms with E-state index in [1.807, 2.05) is 0 Å². The first-order chi connectivity index (χ1) is 12.0. The quantitative estimate of drug-likeness (QED) is 0.673. The third-order valence-electron chi connectivity index (χ3n) is 3.96. The summed E-state index contributed by atoms with van der Waals surface area (Å²) in [6.45, 7) is 0. The van der Waals surface area contributed by atoms with Gasteiger partial charge in [-0.25, -0.2) is 18.4 Å². The fourth-order valence-electron chi connectivity index (χ4n) is 2.78. The van der Waals surface area contributed by atoms with Crippen LogP contribution >= 0.6 is 22.9 Å². The minimum absolute atomic E-state index is 0.102. The van der Waals surface area contributed by atoms with Crippen LogP contribution in [0.15, 0.2) is 52.3 Å². The van der Waals surface area contributed by atoms with E-state index in [-0.39, 0.29) is 14.9 Å². The Morgan fingerprint density at radius 2 is 1.84 bits per heavy atom. The molecule has 5 nitrogen and oxygen atoms in total.